The van der Waals surface area contributed by atoms with E-state index in [1.54, 1.807) is 11.3 Å². The molecular formula is C18H23NO2S. The Hall–Kier alpha value is -1.55. The van der Waals surface area contributed by atoms with Crippen molar-refractivity contribution < 1.29 is 9.21 Å². The van der Waals surface area contributed by atoms with Crippen molar-refractivity contribution in [3.63, 3.8) is 0 Å². The monoisotopic (exact) mass is 317 g/mol. The highest BCUT2D eigenvalue weighted by Crippen LogP contribution is 2.28. The van der Waals surface area contributed by atoms with E-state index in [2.05, 4.69) is 5.32 Å². The van der Waals surface area contributed by atoms with E-state index >= 15 is 0 Å². The van der Waals surface area contributed by atoms with Crippen LogP contribution >= 0.6 is 11.3 Å². The molecule has 1 amide bonds. The van der Waals surface area contributed by atoms with Crippen LogP contribution in [0.2, 0.25) is 0 Å². The van der Waals surface area contributed by atoms with E-state index in [-0.39, 0.29) is 5.91 Å². The summed E-state index contributed by atoms with van der Waals surface area (Å²) in [7, 11) is 0. The van der Waals surface area contributed by atoms with E-state index in [1.807, 2.05) is 29.6 Å². The van der Waals surface area contributed by atoms with Gasteiger partial charge in [0.1, 0.15) is 11.5 Å². The van der Waals surface area contributed by atoms with E-state index in [4.69, 9.17) is 4.42 Å². The van der Waals surface area contributed by atoms with Gasteiger partial charge < -0.3 is 9.73 Å². The van der Waals surface area contributed by atoms with Crippen molar-refractivity contribution >= 4 is 17.2 Å². The lowest BCUT2D eigenvalue weighted by molar-refractivity contribution is -0.121. The molecule has 1 saturated carbocycles. The summed E-state index contributed by atoms with van der Waals surface area (Å²) in [5, 5.41) is 5.00. The maximum atomic E-state index is 11.9. The molecule has 118 valence electrons. The first-order valence-electron chi connectivity index (χ1n) is 8.20. The van der Waals surface area contributed by atoms with Crippen LogP contribution in [0.5, 0.6) is 0 Å². The summed E-state index contributed by atoms with van der Waals surface area (Å²) >= 11 is 1.66. The minimum absolute atomic E-state index is 0.139. The Balaban J connectivity index is 1.41. The molecule has 2 heterocycles. The van der Waals surface area contributed by atoms with Gasteiger partial charge in [-0.15, -0.1) is 11.3 Å². The van der Waals surface area contributed by atoms with Crippen molar-refractivity contribution in [3.05, 3.63) is 35.4 Å². The predicted octanol–water partition coefficient (Wildman–Crippen LogP) is 4.98. The zero-order valence-corrected chi connectivity index (χ0v) is 13.7. The largest absolute Gasteiger partial charge is 0.458 e. The number of amides is 1. The summed E-state index contributed by atoms with van der Waals surface area (Å²) in [6.45, 7) is 0.481. The Bertz CT molecular complexity index is 582. The molecule has 3 nitrogen and oxygen atoms in total. The van der Waals surface area contributed by atoms with Gasteiger partial charge in [0.2, 0.25) is 5.91 Å². The Morgan fingerprint density at radius 1 is 1.23 bits per heavy atom. The van der Waals surface area contributed by atoms with Crippen molar-refractivity contribution in [2.45, 2.75) is 51.5 Å². The van der Waals surface area contributed by atoms with Crippen LogP contribution in [-0.2, 0) is 11.3 Å². The van der Waals surface area contributed by atoms with Crippen molar-refractivity contribution in [2.24, 2.45) is 5.92 Å². The zero-order chi connectivity index (χ0) is 15.2. The number of hydrogen-bond acceptors (Lipinski definition) is 3. The molecule has 0 saturated heterocycles. The molecule has 0 aromatic carbocycles. The van der Waals surface area contributed by atoms with Gasteiger partial charge in [0, 0.05) is 6.42 Å². The first kappa shape index (κ1) is 15.3. The second-order valence-electron chi connectivity index (χ2n) is 6.06. The second-order valence-corrected chi connectivity index (χ2v) is 7.01. The number of furan rings is 1. The molecule has 0 unspecified atom stereocenters. The highest BCUT2D eigenvalue weighted by molar-refractivity contribution is 7.13. The normalized spacial score (nSPS) is 15.8. The Morgan fingerprint density at radius 2 is 2.09 bits per heavy atom. The standard InChI is InChI=1S/C18H23NO2S/c20-18(11-8-14-5-2-1-3-6-14)19-13-15-9-10-16(21-15)17-7-4-12-22-17/h4,7,9-10,12,14H,1-3,5-6,8,11,13H2,(H,19,20). The Morgan fingerprint density at radius 3 is 2.86 bits per heavy atom. The summed E-state index contributed by atoms with van der Waals surface area (Å²) in [4.78, 5) is 13.1. The van der Waals surface area contributed by atoms with E-state index in [0.717, 1.165) is 28.7 Å². The fraction of sp³-hybridized carbons (Fsp3) is 0.500. The van der Waals surface area contributed by atoms with E-state index in [9.17, 15) is 4.79 Å². The van der Waals surface area contributed by atoms with Crippen LogP contribution in [0.15, 0.2) is 34.1 Å². The van der Waals surface area contributed by atoms with Gasteiger partial charge in [-0.1, -0.05) is 38.2 Å². The number of thiophene rings is 1. The average Bonchev–Trinajstić information content (AvgIpc) is 3.22. The minimum Gasteiger partial charge on any atom is -0.458 e. The molecule has 2 aromatic heterocycles. The first-order valence-corrected chi connectivity index (χ1v) is 9.08. The summed E-state index contributed by atoms with van der Waals surface area (Å²) in [6.07, 6.45) is 8.32. The third-order valence-electron chi connectivity index (χ3n) is 4.39. The molecular weight excluding hydrogens is 294 g/mol. The van der Waals surface area contributed by atoms with E-state index in [1.165, 1.54) is 32.1 Å². The van der Waals surface area contributed by atoms with Crippen LogP contribution < -0.4 is 5.32 Å². The second kappa shape index (κ2) is 7.63. The molecule has 2 aromatic rings. The van der Waals surface area contributed by atoms with Crippen LogP contribution in [0.4, 0.5) is 0 Å². The summed E-state index contributed by atoms with van der Waals surface area (Å²) < 4.78 is 5.77. The molecule has 4 heteroatoms. The number of hydrogen-bond donors (Lipinski definition) is 1. The fourth-order valence-corrected chi connectivity index (χ4v) is 3.80. The van der Waals surface area contributed by atoms with Crippen LogP contribution in [0.25, 0.3) is 10.6 Å². The van der Waals surface area contributed by atoms with Gasteiger partial charge in [-0.25, -0.2) is 0 Å². The molecule has 1 aliphatic carbocycles. The average molecular weight is 317 g/mol. The Labute approximate surface area is 135 Å². The van der Waals surface area contributed by atoms with Crippen LogP contribution in [0.3, 0.4) is 0 Å². The van der Waals surface area contributed by atoms with Gasteiger partial charge in [-0.05, 0) is 35.9 Å². The zero-order valence-electron chi connectivity index (χ0n) is 12.8. The van der Waals surface area contributed by atoms with E-state index < -0.39 is 0 Å². The predicted molar refractivity (Wildman–Crippen MR) is 89.7 cm³/mol. The summed E-state index contributed by atoms with van der Waals surface area (Å²) in [5.74, 6) is 2.59. The summed E-state index contributed by atoms with van der Waals surface area (Å²) in [5.41, 5.74) is 0. The lowest BCUT2D eigenvalue weighted by atomic mass is 9.86. The molecule has 0 atom stereocenters. The molecule has 0 bridgehead atoms. The Kier molecular flexibility index (Phi) is 5.33. The molecule has 3 rings (SSSR count). The fourth-order valence-electron chi connectivity index (χ4n) is 3.11. The number of carbonyl (C=O) groups is 1. The topological polar surface area (TPSA) is 42.2 Å². The lowest BCUT2D eigenvalue weighted by Gasteiger charge is -2.20. The molecule has 1 N–H and O–H groups in total. The van der Waals surface area contributed by atoms with Crippen molar-refractivity contribution in [1.29, 1.82) is 0 Å². The highest BCUT2D eigenvalue weighted by Gasteiger charge is 2.15. The van der Waals surface area contributed by atoms with Gasteiger partial charge in [0.05, 0.1) is 11.4 Å². The smallest absolute Gasteiger partial charge is 0.220 e. The third-order valence-corrected chi connectivity index (χ3v) is 5.27. The third kappa shape index (κ3) is 4.23. The van der Waals surface area contributed by atoms with Crippen molar-refractivity contribution in [3.8, 4) is 10.6 Å². The maximum Gasteiger partial charge on any atom is 0.220 e. The maximum absolute atomic E-state index is 11.9. The molecule has 1 aliphatic rings. The quantitative estimate of drug-likeness (QED) is 0.816. The van der Waals surface area contributed by atoms with Gasteiger partial charge in [-0.2, -0.15) is 0 Å². The van der Waals surface area contributed by atoms with Gasteiger partial charge >= 0.3 is 0 Å². The molecule has 0 spiro atoms. The van der Waals surface area contributed by atoms with Gasteiger partial charge in [-0.3, -0.25) is 4.79 Å². The van der Waals surface area contributed by atoms with Crippen molar-refractivity contribution in [2.75, 3.05) is 0 Å². The van der Waals surface area contributed by atoms with E-state index in [0.29, 0.717) is 13.0 Å². The molecule has 22 heavy (non-hydrogen) atoms. The van der Waals surface area contributed by atoms with Crippen LogP contribution in [0.1, 0.15) is 50.7 Å². The first-order chi connectivity index (χ1) is 10.8. The highest BCUT2D eigenvalue weighted by atomic mass is 32.1. The molecule has 0 aliphatic heterocycles. The number of carbonyl (C=O) groups excluding carboxylic acids is 1. The lowest BCUT2D eigenvalue weighted by Crippen LogP contribution is -2.23. The van der Waals surface area contributed by atoms with Crippen LogP contribution in [-0.4, -0.2) is 5.91 Å². The van der Waals surface area contributed by atoms with Crippen LogP contribution in [0, 0.1) is 5.92 Å². The van der Waals surface area contributed by atoms with Crippen molar-refractivity contribution in [1.82, 2.24) is 5.32 Å². The van der Waals surface area contributed by atoms with Gasteiger partial charge in [0.25, 0.3) is 0 Å². The summed E-state index contributed by atoms with van der Waals surface area (Å²) in [6, 6.07) is 7.96. The minimum atomic E-state index is 0.139. The van der Waals surface area contributed by atoms with Gasteiger partial charge in [0.15, 0.2) is 0 Å². The number of nitrogens with one attached hydrogen (secondary N) is 1. The number of rotatable bonds is 6. The molecule has 1 fully saturated rings. The molecule has 0 radical (unpaired) electrons. The SMILES string of the molecule is O=C(CCC1CCCCC1)NCc1ccc(-c2cccs2)o1.